The van der Waals surface area contributed by atoms with Crippen molar-refractivity contribution in [2.75, 3.05) is 23.3 Å². The molecule has 0 aliphatic carbocycles. The highest BCUT2D eigenvalue weighted by Gasteiger charge is 2.23. The topological polar surface area (TPSA) is 126 Å². The smallest absolute Gasteiger partial charge is 0.265 e. The van der Waals surface area contributed by atoms with E-state index in [1.807, 2.05) is 30.3 Å². The molecule has 3 N–H and O–H groups in total. The molecule has 12 heteroatoms. The molecule has 4 rings (SSSR count). The first-order valence-electron chi connectivity index (χ1n) is 11.2. The number of hydrogen-bond acceptors (Lipinski definition) is 7. The molecule has 0 bridgehead atoms. The highest BCUT2D eigenvalue weighted by Crippen LogP contribution is 2.36. The van der Waals surface area contributed by atoms with Crippen LogP contribution in [0.2, 0.25) is 5.02 Å². The minimum Gasteiger partial charge on any atom is -0.487 e. The number of amides is 2. The molecule has 9 nitrogen and oxygen atoms in total. The fraction of sp³-hybridized carbons (Fsp3) is 0.115. The van der Waals surface area contributed by atoms with Gasteiger partial charge < -0.3 is 15.4 Å². The fourth-order valence-electron chi connectivity index (χ4n) is 3.53. The van der Waals surface area contributed by atoms with Crippen LogP contribution < -0.4 is 20.1 Å². The Bertz CT molecular complexity index is 1590. The summed E-state index contributed by atoms with van der Waals surface area (Å²) in [7, 11) is -2.05. The summed E-state index contributed by atoms with van der Waals surface area (Å²) >= 11 is 7.10. The van der Waals surface area contributed by atoms with Crippen LogP contribution in [0, 0.1) is 0 Å². The molecule has 0 fully saturated rings. The van der Waals surface area contributed by atoms with Crippen molar-refractivity contribution in [2.45, 2.75) is 6.61 Å². The van der Waals surface area contributed by atoms with Crippen molar-refractivity contribution in [1.29, 1.82) is 0 Å². The summed E-state index contributed by atoms with van der Waals surface area (Å²) in [6.45, 7) is 0.297. The average Bonchev–Trinajstić information content (AvgIpc) is 3.32. The molecule has 0 aliphatic heterocycles. The van der Waals surface area contributed by atoms with Crippen LogP contribution in [0.1, 0.15) is 24.9 Å². The number of anilines is 2. The summed E-state index contributed by atoms with van der Waals surface area (Å²) in [5.41, 5.74) is 2.29. The van der Waals surface area contributed by atoms with Gasteiger partial charge in [0.2, 0.25) is 10.0 Å². The lowest BCUT2D eigenvalue weighted by atomic mass is 10.1. The number of benzene rings is 2. The van der Waals surface area contributed by atoms with E-state index in [-0.39, 0.29) is 32.1 Å². The number of aromatic nitrogens is 1. The second-order valence-electron chi connectivity index (χ2n) is 8.11. The monoisotopic (exact) mass is 570 g/mol. The van der Waals surface area contributed by atoms with Gasteiger partial charge in [0.15, 0.2) is 0 Å². The van der Waals surface area contributed by atoms with Crippen LogP contribution >= 0.6 is 22.9 Å². The molecule has 0 radical (unpaired) electrons. The highest BCUT2D eigenvalue weighted by molar-refractivity contribution is 7.92. The fourth-order valence-corrected chi connectivity index (χ4v) is 5.31. The van der Waals surface area contributed by atoms with Crippen molar-refractivity contribution in [3.8, 4) is 17.0 Å². The Morgan fingerprint density at radius 1 is 1.00 bits per heavy atom. The summed E-state index contributed by atoms with van der Waals surface area (Å²) in [5.74, 6) is -0.439. The van der Waals surface area contributed by atoms with Crippen LogP contribution in [-0.4, -0.2) is 38.5 Å². The Balaban J connectivity index is 1.65. The number of halogens is 1. The molecule has 0 unspecified atom stereocenters. The van der Waals surface area contributed by atoms with Gasteiger partial charge in [0.05, 0.1) is 16.8 Å². The minimum atomic E-state index is -3.55. The predicted molar refractivity (Wildman–Crippen MR) is 150 cm³/mol. The second-order valence-corrected chi connectivity index (χ2v) is 11.4. The van der Waals surface area contributed by atoms with Gasteiger partial charge in [-0.2, -0.15) is 0 Å². The highest BCUT2D eigenvalue weighted by atomic mass is 35.5. The van der Waals surface area contributed by atoms with Crippen molar-refractivity contribution in [1.82, 2.24) is 10.3 Å². The number of hydrogen-bond donors (Lipinski definition) is 3. The zero-order chi connectivity index (χ0) is 27.3. The Morgan fingerprint density at radius 2 is 1.74 bits per heavy atom. The van der Waals surface area contributed by atoms with Gasteiger partial charge in [-0.25, -0.2) is 8.42 Å². The third-order valence-corrected chi connectivity index (χ3v) is 7.07. The van der Waals surface area contributed by atoms with Gasteiger partial charge in [-0.15, -0.1) is 11.3 Å². The van der Waals surface area contributed by atoms with Crippen molar-refractivity contribution < 1.29 is 22.7 Å². The summed E-state index contributed by atoms with van der Waals surface area (Å²) < 4.78 is 31.5. The van der Waals surface area contributed by atoms with E-state index in [2.05, 4.69) is 20.3 Å². The summed E-state index contributed by atoms with van der Waals surface area (Å²) in [5, 5.41) is 5.52. The van der Waals surface area contributed by atoms with E-state index < -0.39 is 15.9 Å². The molecule has 2 heterocycles. The lowest BCUT2D eigenvalue weighted by Gasteiger charge is -2.11. The van der Waals surface area contributed by atoms with Crippen LogP contribution in [0.5, 0.6) is 5.75 Å². The largest absolute Gasteiger partial charge is 0.487 e. The number of rotatable bonds is 9. The van der Waals surface area contributed by atoms with Crippen LogP contribution in [0.4, 0.5) is 11.4 Å². The van der Waals surface area contributed by atoms with Gasteiger partial charge in [0, 0.05) is 29.5 Å². The summed E-state index contributed by atoms with van der Waals surface area (Å²) in [6.07, 6.45) is 2.59. The Morgan fingerprint density at radius 3 is 2.45 bits per heavy atom. The molecule has 0 saturated carbocycles. The molecule has 2 aromatic carbocycles. The zero-order valence-electron chi connectivity index (χ0n) is 20.3. The van der Waals surface area contributed by atoms with Crippen LogP contribution in [0.3, 0.4) is 0 Å². The molecular formula is C26H23ClN4O5S2. The maximum Gasteiger partial charge on any atom is 0.265 e. The van der Waals surface area contributed by atoms with Gasteiger partial charge in [-0.05, 0) is 42.0 Å². The van der Waals surface area contributed by atoms with E-state index in [1.54, 1.807) is 24.4 Å². The standard InChI is InChI=1S/C26H23ClN4O5S2/c1-28-26(33)24-20(23-21(9-6-10-29-23)36-15-16-7-4-3-5-8-16)14-22(37-24)25(32)30-18-11-17(27)12-19(13-18)31-38(2,34)35/h3-14,31H,15H2,1-2H3,(H,28,33)(H,30,32). The molecular weight excluding hydrogens is 548 g/mol. The summed E-state index contributed by atoms with van der Waals surface area (Å²) in [6, 6.07) is 19.0. The number of carbonyl (C=O) groups is 2. The Kier molecular flexibility index (Phi) is 8.30. The predicted octanol–water partition coefficient (Wildman–Crippen LogP) is 5.03. The molecule has 4 aromatic rings. The number of pyridine rings is 1. The molecule has 2 aromatic heterocycles. The van der Waals surface area contributed by atoms with Crippen molar-refractivity contribution >= 4 is 56.2 Å². The molecule has 2 amide bonds. The first-order valence-corrected chi connectivity index (χ1v) is 14.3. The van der Waals surface area contributed by atoms with E-state index in [4.69, 9.17) is 16.3 Å². The maximum atomic E-state index is 13.2. The molecule has 38 heavy (non-hydrogen) atoms. The molecule has 0 atom stereocenters. The SMILES string of the molecule is CNC(=O)c1sc(C(=O)Nc2cc(Cl)cc(NS(C)(=O)=O)c2)cc1-c1ncccc1OCc1ccccc1. The number of thiophene rings is 1. The van der Waals surface area contributed by atoms with Gasteiger partial charge in [0.25, 0.3) is 11.8 Å². The number of sulfonamides is 1. The maximum absolute atomic E-state index is 13.2. The van der Waals surface area contributed by atoms with Crippen molar-refractivity contribution in [3.63, 3.8) is 0 Å². The van der Waals surface area contributed by atoms with E-state index in [0.29, 0.717) is 23.6 Å². The Hall–Kier alpha value is -3.93. The lowest BCUT2D eigenvalue weighted by Crippen LogP contribution is -2.17. The van der Waals surface area contributed by atoms with E-state index in [9.17, 15) is 18.0 Å². The van der Waals surface area contributed by atoms with Crippen LogP contribution in [-0.2, 0) is 16.6 Å². The first kappa shape index (κ1) is 27.1. The molecule has 0 aliphatic rings. The van der Waals surface area contributed by atoms with Crippen molar-refractivity contribution in [3.05, 3.63) is 93.3 Å². The number of ether oxygens (including phenoxy) is 1. The van der Waals surface area contributed by atoms with E-state index in [0.717, 1.165) is 23.2 Å². The Labute approximate surface area is 228 Å². The quantitative estimate of drug-likeness (QED) is 0.259. The summed E-state index contributed by atoms with van der Waals surface area (Å²) in [4.78, 5) is 30.8. The normalized spacial score (nSPS) is 11.0. The number of nitrogens with zero attached hydrogens (tertiary/aromatic N) is 1. The van der Waals surface area contributed by atoms with Crippen LogP contribution in [0.25, 0.3) is 11.3 Å². The van der Waals surface area contributed by atoms with Gasteiger partial charge in [0.1, 0.15) is 22.9 Å². The number of carbonyl (C=O) groups excluding carboxylic acids is 2. The van der Waals surface area contributed by atoms with E-state index in [1.165, 1.54) is 25.2 Å². The van der Waals surface area contributed by atoms with Gasteiger partial charge >= 0.3 is 0 Å². The molecule has 0 saturated heterocycles. The zero-order valence-corrected chi connectivity index (χ0v) is 22.7. The minimum absolute atomic E-state index is 0.196. The second kappa shape index (κ2) is 11.6. The third-order valence-electron chi connectivity index (χ3n) is 5.11. The third kappa shape index (κ3) is 6.88. The van der Waals surface area contributed by atoms with Crippen molar-refractivity contribution in [2.24, 2.45) is 0 Å². The van der Waals surface area contributed by atoms with Gasteiger partial charge in [-0.1, -0.05) is 41.9 Å². The van der Waals surface area contributed by atoms with Crippen LogP contribution in [0.15, 0.2) is 72.9 Å². The van der Waals surface area contributed by atoms with E-state index >= 15 is 0 Å². The molecule has 196 valence electrons. The average molecular weight is 571 g/mol. The first-order chi connectivity index (χ1) is 18.1. The number of nitrogens with one attached hydrogen (secondary N) is 3. The lowest BCUT2D eigenvalue weighted by molar-refractivity contribution is 0.0967. The van der Waals surface area contributed by atoms with Gasteiger partial charge in [-0.3, -0.25) is 19.3 Å². The molecule has 0 spiro atoms.